The number of ether oxygens (including phenoxy) is 2. The van der Waals surface area contributed by atoms with Gasteiger partial charge < -0.3 is 15.2 Å². The van der Waals surface area contributed by atoms with Gasteiger partial charge in [-0.15, -0.1) is 0 Å². The van der Waals surface area contributed by atoms with Gasteiger partial charge in [-0.2, -0.15) is 0 Å². The van der Waals surface area contributed by atoms with Crippen LogP contribution >= 0.6 is 11.6 Å². The van der Waals surface area contributed by atoms with Gasteiger partial charge in [-0.1, -0.05) is 29.8 Å². The maximum absolute atomic E-state index is 10.8. The van der Waals surface area contributed by atoms with Gasteiger partial charge >= 0.3 is 12.1 Å². The number of rotatable bonds is 5. The molecule has 0 aliphatic carbocycles. The van der Waals surface area contributed by atoms with E-state index in [1.807, 2.05) is 0 Å². The average Bonchev–Trinajstić information content (AvgIpc) is 2.30. The van der Waals surface area contributed by atoms with Crippen molar-refractivity contribution < 1.29 is 19.1 Å². The molecule has 0 saturated carbocycles. The van der Waals surface area contributed by atoms with Crippen LogP contribution in [0.4, 0.5) is 4.79 Å². The van der Waals surface area contributed by atoms with Crippen molar-refractivity contribution >= 4 is 23.7 Å². The molecule has 1 rings (SSSR count). The molecule has 0 unspecified atom stereocenters. The molecule has 1 aromatic carbocycles. The topological polar surface area (TPSA) is 78.6 Å². The summed E-state index contributed by atoms with van der Waals surface area (Å²) in [5, 5.41) is 0.516. The van der Waals surface area contributed by atoms with Crippen molar-refractivity contribution in [2.75, 3.05) is 13.2 Å². The van der Waals surface area contributed by atoms with E-state index in [2.05, 4.69) is 0 Å². The molecule has 1 amide bonds. The molecule has 0 aliphatic rings. The Balaban J connectivity index is 2.79. The van der Waals surface area contributed by atoms with Gasteiger partial charge in [0.15, 0.2) is 0 Å². The fourth-order valence-corrected chi connectivity index (χ4v) is 1.72. The Morgan fingerprint density at radius 3 is 2.44 bits per heavy atom. The lowest BCUT2D eigenvalue weighted by molar-refractivity contribution is -0.141. The largest absolute Gasteiger partial charge is 0.465 e. The van der Waals surface area contributed by atoms with Gasteiger partial charge in [0, 0.05) is 11.9 Å². The molecule has 0 radical (unpaired) electrons. The van der Waals surface area contributed by atoms with E-state index < -0.39 is 12.1 Å². The number of nitrogens with two attached hydrogens (primary N) is 1. The predicted octanol–water partition coefficient (Wildman–Crippen LogP) is 2.08. The lowest BCUT2D eigenvalue weighted by atomic mass is 10.0. The number of carbonyl (C=O) groups is 2. The van der Waals surface area contributed by atoms with Crippen LogP contribution in [-0.4, -0.2) is 25.3 Å². The number of halogens is 1. The van der Waals surface area contributed by atoms with E-state index in [4.69, 9.17) is 26.8 Å². The third kappa shape index (κ3) is 4.63. The summed E-state index contributed by atoms with van der Waals surface area (Å²) in [7, 11) is 0. The first-order valence-corrected chi connectivity index (χ1v) is 5.68. The van der Waals surface area contributed by atoms with Crippen LogP contribution in [0.1, 0.15) is 18.4 Å². The van der Waals surface area contributed by atoms with Crippen molar-refractivity contribution in [3.05, 3.63) is 34.9 Å². The number of amides is 1. The van der Waals surface area contributed by atoms with Gasteiger partial charge in [0.2, 0.25) is 0 Å². The molecule has 0 spiro atoms. The summed E-state index contributed by atoms with van der Waals surface area (Å²) >= 11 is 6.04. The average molecular weight is 272 g/mol. The Bertz CT molecular complexity index is 418. The summed E-state index contributed by atoms with van der Waals surface area (Å²) in [5.41, 5.74) is 5.65. The van der Waals surface area contributed by atoms with Crippen molar-refractivity contribution in [3.8, 4) is 0 Å². The number of primary amides is 1. The van der Waals surface area contributed by atoms with E-state index in [0.717, 1.165) is 5.56 Å². The number of hydrogen-bond acceptors (Lipinski definition) is 4. The summed E-state index contributed by atoms with van der Waals surface area (Å²) in [5.74, 6) is -0.749. The Morgan fingerprint density at radius 2 is 1.89 bits per heavy atom. The molecule has 18 heavy (non-hydrogen) atoms. The van der Waals surface area contributed by atoms with Crippen molar-refractivity contribution in [2.24, 2.45) is 5.73 Å². The van der Waals surface area contributed by atoms with Crippen LogP contribution in [0, 0.1) is 0 Å². The molecule has 0 aliphatic heterocycles. The van der Waals surface area contributed by atoms with E-state index in [9.17, 15) is 9.59 Å². The maximum atomic E-state index is 10.8. The summed E-state index contributed by atoms with van der Waals surface area (Å²) in [6.45, 7) is 1.39. The minimum Gasteiger partial charge on any atom is -0.465 e. The second-order valence-corrected chi connectivity index (χ2v) is 4.06. The van der Waals surface area contributed by atoms with Crippen LogP contribution in [0.25, 0.3) is 0 Å². The van der Waals surface area contributed by atoms with Gasteiger partial charge in [0.25, 0.3) is 0 Å². The Hall–Kier alpha value is -1.75. The van der Waals surface area contributed by atoms with Gasteiger partial charge in [-0.25, -0.2) is 4.79 Å². The van der Waals surface area contributed by atoms with Crippen molar-refractivity contribution in [1.82, 2.24) is 0 Å². The van der Waals surface area contributed by atoms with E-state index in [0.29, 0.717) is 5.02 Å². The predicted molar refractivity (Wildman–Crippen MR) is 66.4 cm³/mol. The quantitative estimate of drug-likeness (QED) is 0.832. The number of benzene rings is 1. The molecule has 0 saturated heterocycles. The third-order valence-electron chi connectivity index (χ3n) is 2.26. The zero-order valence-electron chi connectivity index (χ0n) is 9.89. The van der Waals surface area contributed by atoms with Crippen LogP contribution in [0.2, 0.25) is 5.02 Å². The molecule has 0 heterocycles. The SMILES string of the molecule is CC(=O)OC[C@H](COC(N)=O)c1ccccc1Cl. The Kier molecular flexibility index (Phi) is 5.45. The molecule has 98 valence electrons. The van der Waals surface area contributed by atoms with Crippen molar-refractivity contribution in [3.63, 3.8) is 0 Å². The van der Waals surface area contributed by atoms with Gasteiger partial charge in [-0.05, 0) is 11.6 Å². The standard InChI is InChI=1S/C12H14ClNO4/c1-8(15)17-6-9(7-18-12(14)16)10-4-2-3-5-11(10)13/h2-5,9H,6-7H2,1H3,(H2,14,16)/t9-/m1/s1. The molecular formula is C12H14ClNO4. The molecule has 0 fully saturated rings. The third-order valence-corrected chi connectivity index (χ3v) is 2.60. The lowest BCUT2D eigenvalue weighted by Gasteiger charge is -2.17. The second kappa shape index (κ2) is 6.86. The van der Waals surface area contributed by atoms with Crippen LogP contribution in [0.15, 0.2) is 24.3 Å². The van der Waals surface area contributed by atoms with Crippen LogP contribution in [-0.2, 0) is 14.3 Å². The first-order chi connectivity index (χ1) is 8.50. The van der Waals surface area contributed by atoms with E-state index >= 15 is 0 Å². The second-order valence-electron chi connectivity index (χ2n) is 3.65. The molecule has 2 N–H and O–H groups in total. The highest BCUT2D eigenvalue weighted by molar-refractivity contribution is 6.31. The molecule has 0 aromatic heterocycles. The Morgan fingerprint density at radius 1 is 1.28 bits per heavy atom. The number of carbonyl (C=O) groups excluding carboxylic acids is 2. The zero-order chi connectivity index (χ0) is 13.5. The first-order valence-electron chi connectivity index (χ1n) is 5.30. The molecule has 0 bridgehead atoms. The van der Waals surface area contributed by atoms with Gasteiger partial charge in [0.05, 0.1) is 5.92 Å². The minimum atomic E-state index is -0.880. The highest BCUT2D eigenvalue weighted by Crippen LogP contribution is 2.25. The maximum Gasteiger partial charge on any atom is 0.404 e. The smallest absolute Gasteiger partial charge is 0.404 e. The highest BCUT2D eigenvalue weighted by atomic mass is 35.5. The summed E-state index contributed by atoms with van der Waals surface area (Å²) in [4.78, 5) is 21.4. The fourth-order valence-electron chi connectivity index (χ4n) is 1.43. The van der Waals surface area contributed by atoms with Crippen molar-refractivity contribution in [1.29, 1.82) is 0 Å². The molecule has 5 nitrogen and oxygen atoms in total. The summed E-state index contributed by atoms with van der Waals surface area (Å²) in [6.07, 6.45) is -0.880. The molecular weight excluding hydrogens is 258 g/mol. The lowest BCUT2D eigenvalue weighted by Crippen LogP contribution is -2.21. The minimum absolute atomic E-state index is 0.00630. The van der Waals surface area contributed by atoms with E-state index in [1.165, 1.54) is 6.92 Å². The highest BCUT2D eigenvalue weighted by Gasteiger charge is 2.17. The fraction of sp³-hybridized carbons (Fsp3) is 0.333. The summed E-state index contributed by atoms with van der Waals surface area (Å²) in [6, 6.07) is 7.07. The molecule has 1 aromatic rings. The Labute approximate surface area is 110 Å². The van der Waals surface area contributed by atoms with E-state index in [1.54, 1.807) is 24.3 Å². The number of hydrogen-bond donors (Lipinski definition) is 1. The number of esters is 1. The monoisotopic (exact) mass is 271 g/mol. The normalized spacial score (nSPS) is 11.7. The van der Waals surface area contributed by atoms with Gasteiger partial charge in [0.1, 0.15) is 13.2 Å². The summed E-state index contributed by atoms with van der Waals surface area (Å²) < 4.78 is 9.65. The molecule has 6 heteroatoms. The van der Waals surface area contributed by atoms with E-state index in [-0.39, 0.29) is 19.1 Å². The van der Waals surface area contributed by atoms with Crippen molar-refractivity contribution in [2.45, 2.75) is 12.8 Å². The van der Waals surface area contributed by atoms with Crippen LogP contribution in [0.3, 0.4) is 0 Å². The first kappa shape index (κ1) is 14.3. The zero-order valence-corrected chi connectivity index (χ0v) is 10.6. The van der Waals surface area contributed by atoms with Crippen LogP contribution < -0.4 is 5.73 Å². The van der Waals surface area contributed by atoms with Crippen LogP contribution in [0.5, 0.6) is 0 Å². The molecule has 1 atom stereocenters. The van der Waals surface area contributed by atoms with Gasteiger partial charge in [-0.3, -0.25) is 4.79 Å².